The molecule has 0 radical (unpaired) electrons. The number of hydrogen-bond donors (Lipinski definition) is 1. The van der Waals surface area contributed by atoms with E-state index >= 15 is 0 Å². The summed E-state index contributed by atoms with van der Waals surface area (Å²) in [5.74, 6) is -0.577. The summed E-state index contributed by atoms with van der Waals surface area (Å²) in [4.78, 5) is 24.3. The molecule has 0 amide bonds. The third-order valence-electron chi connectivity index (χ3n) is 10.1. The van der Waals surface area contributed by atoms with Gasteiger partial charge in [0, 0.05) is 12.8 Å². The van der Waals surface area contributed by atoms with Gasteiger partial charge in [0.25, 0.3) is 0 Å². The van der Waals surface area contributed by atoms with Crippen LogP contribution in [0.1, 0.15) is 245 Å². The van der Waals surface area contributed by atoms with Crippen LogP contribution in [0.2, 0.25) is 0 Å². The highest BCUT2D eigenvalue weighted by Crippen LogP contribution is 2.16. The molecule has 0 bridgehead atoms. The van der Waals surface area contributed by atoms with Crippen LogP contribution in [0.25, 0.3) is 0 Å². The van der Waals surface area contributed by atoms with Gasteiger partial charge in [-0.25, -0.2) is 0 Å². The molecule has 50 heavy (non-hydrogen) atoms. The summed E-state index contributed by atoms with van der Waals surface area (Å²) in [5, 5.41) is 9.58. The predicted molar refractivity (Wildman–Crippen MR) is 215 cm³/mol. The molecular formula is C45H86O5. The zero-order valence-corrected chi connectivity index (χ0v) is 33.7. The molecule has 5 heteroatoms. The first kappa shape index (κ1) is 48.6. The van der Waals surface area contributed by atoms with Crippen LogP contribution in [0.4, 0.5) is 0 Å². The number of unbranched alkanes of at least 4 members (excludes halogenated alkanes) is 31. The number of aliphatic hydroxyl groups is 1. The number of carbonyl (C=O) groups excluding carboxylic acids is 2. The number of allylic oxidation sites excluding steroid dienone is 2. The van der Waals surface area contributed by atoms with Gasteiger partial charge in [-0.15, -0.1) is 0 Å². The summed E-state index contributed by atoms with van der Waals surface area (Å²) >= 11 is 0. The van der Waals surface area contributed by atoms with E-state index in [1.54, 1.807) is 0 Å². The Balaban J connectivity index is 3.48. The van der Waals surface area contributed by atoms with E-state index < -0.39 is 6.10 Å². The molecular weight excluding hydrogens is 620 g/mol. The van der Waals surface area contributed by atoms with Crippen molar-refractivity contribution in [2.75, 3.05) is 13.2 Å². The molecule has 0 aromatic carbocycles. The standard InChI is InChI=1S/C45H86O5/c1-3-5-7-9-11-13-15-17-19-20-21-22-23-24-26-28-30-32-34-36-38-40-45(48)50-43(41-46)42-49-44(47)39-37-35-33-31-29-27-25-18-16-14-12-10-8-6-4-2/h17,19,43,46H,3-16,18,20-42H2,1-2H3/b19-17+/t43-/m0/s1. The first-order valence-electron chi connectivity index (χ1n) is 22.2. The zero-order valence-electron chi connectivity index (χ0n) is 33.7. The second-order valence-corrected chi connectivity index (χ2v) is 15.1. The number of aliphatic hydroxyl groups excluding tert-OH is 1. The van der Waals surface area contributed by atoms with Crippen LogP contribution < -0.4 is 0 Å². The first-order chi connectivity index (χ1) is 24.6. The number of rotatable bonds is 41. The van der Waals surface area contributed by atoms with Crippen molar-refractivity contribution in [1.29, 1.82) is 0 Å². The molecule has 1 atom stereocenters. The first-order valence-corrected chi connectivity index (χ1v) is 22.2. The Hall–Kier alpha value is -1.36. The van der Waals surface area contributed by atoms with Crippen molar-refractivity contribution in [3.63, 3.8) is 0 Å². The molecule has 0 aliphatic heterocycles. The maximum Gasteiger partial charge on any atom is 0.306 e. The van der Waals surface area contributed by atoms with E-state index in [-0.39, 0.29) is 25.2 Å². The molecule has 0 unspecified atom stereocenters. The van der Waals surface area contributed by atoms with Gasteiger partial charge in [0.05, 0.1) is 6.61 Å². The lowest BCUT2D eigenvalue weighted by Crippen LogP contribution is -2.28. The van der Waals surface area contributed by atoms with Crippen LogP contribution >= 0.6 is 0 Å². The minimum atomic E-state index is -0.765. The molecule has 0 saturated heterocycles. The molecule has 1 N–H and O–H groups in total. The molecule has 0 aliphatic rings. The van der Waals surface area contributed by atoms with E-state index in [2.05, 4.69) is 26.0 Å². The van der Waals surface area contributed by atoms with Crippen molar-refractivity contribution in [3.8, 4) is 0 Å². The molecule has 0 aromatic rings. The Morgan fingerprint density at radius 1 is 0.440 bits per heavy atom. The van der Waals surface area contributed by atoms with Crippen LogP contribution in [0, 0.1) is 0 Å². The summed E-state index contributed by atoms with van der Waals surface area (Å²) in [6.45, 7) is 4.16. The summed E-state index contributed by atoms with van der Waals surface area (Å²) in [6.07, 6.45) is 48.5. The largest absolute Gasteiger partial charge is 0.462 e. The van der Waals surface area contributed by atoms with Gasteiger partial charge in [0.2, 0.25) is 0 Å². The fraction of sp³-hybridized carbons (Fsp3) is 0.911. The van der Waals surface area contributed by atoms with E-state index in [9.17, 15) is 14.7 Å². The van der Waals surface area contributed by atoms with Gasteiger partial charge in [-0.2, -0.15) is 0 Å². The van der Waals surface area contributed by atoms with Crippen molar-refractivity contribution < 1.29 is 24.2 Å². The molecule has 0 heterocycles. The van der Waals surface area contributed by atoms with Crippen molar-refractivity contribution in [3.05, 3.63) is 12.2 Å². The van der Waals surface area contributed by atoms with Crippen LogP contribution in [0.15, 0.2) is 12.2 Å². The van der Waals surface area contributed by atoms with Crippen LogP contribution in [0.3, 0.4) is 0 Å². The molecule has 0 rings (SSSR count). The summed E-state index contributed by atoms with van der Waals surface area (Å²) in [6, 6.07) is 0. The van der Waals surface area contributed by atoms with Gasteiger partial charge in [-0.05, 0) is 38.5 Å². The Kier molecular flexibility index (Phi) is 40.9. The average molecular weight is 707 g/mol. The Morgan fingerprint density at radius 3 is 1.08 bits per heavy atom. The molecule has 0 spiro atoms. The quantitative estimate of drug-likeness (QED) is 0.0389. The Bertz CT molecular complexity index is 720. The molecule has 296 valence electrons. The summed E-state index contributed by atoms with van der Waals surface area (Å²) in [5.41, 5.74) is 0. The number of hydrogen-bond acceptors (Lipinski definition) is 5. The summed E-state index contributed by atoms with van der Waals surface area (Å²) in [7, 11) is 0. The van der Waals surface area contributed by atoms with Gasteiger partial charge < -0.3 is 14.6 Å². The van der Waals surface area contributed by atoms with Crippen molar-refractivity contribution in [2.24, 2.45) is 0 Å². The maximum atomic E-state index is 12.2. The van der Waals surface area contributed by atoms with Gasteiger partial charge in [0.1, 0.15) is 6.61 Å². The highest BCUT2D eigenvalue weighted by atomic mass is 16.6. The van der Waals surface area contributed by atoms with Gasteiger partial charge in [-0.1, -0.05) is 206 Å². The SMILES string of the molecule is CCCCCCCC/C=C/CCCCCCCCCCCCCC(=O)O[C@@H](CO)COC(=O)CCCCCCCCCCCCCCCCC. The van der Waals surface area contributed by atoms with Crippen molar-refractivity contribution in [1.82, 2.24) is 0 Å². The lowest BCUT2D eigenvalue weighted by atomic mass is 10.0. The Morgan fingerprint density at radius 2 is 0.740 bits per heavy atom. The third-order valence-corrected chi connectivity index (χ3v) is 10.1. The second kappa shape index (κ2) is 42.1. The highest BCUT2D eigenvalue weighted by molar-refractivity contribution is 5.70. The molecule has 0 saturated carbocycles. The van der Waals surface area contributed by atoms with Gasteiger partial charge >= 0.3 is 11.9 Å². The molecule has 5 nitrogen and oxygen atoms in total. The fourth-order valence-corrected chi connectivity index (χ4v) is 6.67. The van der Waals surface area contributed by atoms with E-state index in [0.29, 0.717) is 12.8 Å². The third kappa shape index (κ3) is 39.4. The fourth-order valence-electron chi connectivity index (χ4n) is 6.67. The number of ether oxygens (including phenoxy) is 2. The van der Waals surface area contributed by atoms with E-state index in [1.807, 2.05) is 0 Å². The number of esters is 2. The lowest BCUT2D eigenvalue weighted by Gasteiger charge is -2.15. The van der Waals surface area contributed by atoms with Gasteiger partial charge in [-0.3, -0.25) is 9.59 Å². The van der Waals surface area contributed by atoms with Gasteiger partial charge in [0.15, 0.2) is 6.10 Å². The van der Waals surface area contributed by atoms with Crippen LogP contribution in [-0.2, 0) is 19.1 Å². The Labute approximate surface area is 311 Å². The van der Waals surface area contributed by atoms with Crippen molar-refractivity contribution in [2.45, 2.75) is 251 Å². The molecule has 0 aromatic heterocycles. The smallest absolute Gasteiger partial charge is 0.306 e. The second-order valence-electron chi connectivity index (χ2n) is 15.1. The van der Waals surface area contributed by atoms with E-state index in [0.717, 1.165) is 32.1 Å². The van der Waals surface area contributed by atoms with Crippen molar-refractivity contribution >= 4 is 11.9 Å². The lowest BCUT2D eigenvalue weighted by molar-refractivity contribution is -0.161. The maximum absolute atomic E-state index is 12.2. The zero-order chi connectivity index (χ0) is 36.4. The average Bonchev–Trinajstić information content (AvgIpc) is 3.12. The molecule has 0 fully saturated rings. The van der Waals surface area contributed by atoms with E-state index in [1.165, 1.54) is 186 Å². The monoisotopic (exact) mass is 707 g/mol. The minimum Gasteiger partial charge on any atom is -0.462 e. The molecule has 0 aliphatic carbocycles. The van der Waals surface area contributed by atoms with Crippen LogP contribution in [-0.4, -0.2) is 36.4 Å². The van der Waals surface area contributed by atoms with E-state index in [4.69, 9.17) is 9.47 Å². The topological polar surface area (TPSA) is 72.8 Å². The normalized spacial score (nSPS) is 12.1. The van der Waals surface area contributed by atoms with Crippen LogP contribution in [0.5, 0.6) is 0 Å². The minimum absolute atomic E-state index is 0.0594. The predicted octanol–water partition coefficient (Wildman–Crippen LogP) is 14.1. The highest BCUT2D eigenvalue weighted by Gasteiger charge is 2.16. The summed E-state index contributed by atoms with van der Waals surface area (Å²) < 4.78 is 10.6. The number of carbonyl (C=O) groups is 2.